The molecule has 2 heterocycles. The van der Waals surface area contributed by atoms with E-state index in [4.69, 9.17) is 0 Å². The summed E-state index contributed by atoms with van der Waals surface area (Å²) in [6, 6.07) is 8.63. The normalized spacial score (nSPS) is 27.9. The van der Waals surface area contributed by atoms with Crippen molar-refractivity contribution in [2.24, 2.45) is 11.8 Å². The van der Waals surface area contributed by atoms with Gasteiger partial charge >= 0.3 is 0 Å². The van der Waals surface area contributed by atoms with Crippen LogP contribution in [0.3, 0.4) is 0 Å². The highest BCUT2D eigenvalue weighted by Gasteiger charge is 2.38. The number of rotatable bonds is 4. The van der Waals surface area contributed by atoms with E-state index in [1.54, 1.807) is 0 Å². The van der Waals surface area contributed by atoms with E-state index in [0.29, 0.717) is 6.54 Å². The molecule has 146 valence electrons. The molecule has 1 saturated carbocycles. The summed E-state index contributed by atoms with van der Waals surface area (Å²) in [5.74, 6) is -0.000255. The van der Waals surface area contributed by atoms with Gasteiger partial charge < -0.3 is 15.5 Å². The van der Waals surface area contributed by atoms with E-state index in [9.17, 15) is 9.59 Å². The molecule has 2 aliphatic heterocycles. The summed E-state index contributed by atoms with van der Waals surface area (Å²) in [5.41, 5.74) is 2.66. The van der Waals surface area contributed by atoms with E-state index in [1.165, 1.54) is 11.1 Å². The molecule has 3 atom stereocenters. The minimum absolute atomic E-state index is 0.0668. The van der Waals surface area contributed by atoms with Gasteiger partial charge in [0, 0.05) is 37.5 Å². The minimum atomic E-state index is -0.161. The Hall–Kier alpha value is -1.88. The molecule has 27 heavy (non-hydrogen) atoms. The molecule has 3 aliphatic rings. The second kappa shape index (κ2) is 8.42. The van der Waals surface area contributed by atoms with Crippen molar-refractivity contribution >= 4 is 11.8 Å². The fourth-order valence-electron chi connectivity index (χ4n) is 5.02. The monoisotopic (exact) mass is 369 g/mol. The van der Waals surface area contributed by atoms with Crippen molar-refractivity contribution in [2.75, 3.05) is 26.2 Å². The van der Waals surface area contributed by atoms with Gasteiger partial charge in [-0.15, -0.1) is 0 Å². The molecule has 1 aromatic rings. The Balaban J connectivity index is 1.39. The van der Waals surface area contributed by atoms with Gasteiger partial charge in [-0.1, -0.05) is 37.1 Å². The summed E-state index contributed by atoms with van der Waals surface area (Å²) in [6.45, 7) is 3.27. The van der Waals surface area contributed by atoms with Crippen molar-refractivity contribution < 1.29 is 9.59 Å². The number of benzene rings is 1. The number of fused-ring (bicyclic) bond motifs is 1. The lowest BCUT2D eigenvalue weighted by atomic mass is 9.77. The maximum atomic E-state index is 13.0. The van der Waals surface area contributed by atoms with Crippen LogP contribution in [0.15, 0.2) is 24.3 Å². The molecule has 2 fully saturated rings. The van der Waals surface area contributed by atoms with Crippen LogP contribution in [0.2, 0.25) is 0 Å². The molecule has 0 radical (unpaired) electrons. The Morgan fingerprint density at radius 3 is 2.59 bits per heavy atom. The minimum Gasteiger partial charge on any atom is -0.354 e. The molecule has 5 heteroatoms. The Kier molecular flexibility index (Phi) is 5.77. The van der Waals surface area contributed by atoms with Crippen LogP contribution >= 0.6 is 0 Å². The maximum absolute atomic E-state index is 13.0. The van der Waals surface area contributed by atoms with Gasteiger partial charge in [-0.25, -0.2) is 0 Å². The lowest BCUT2D eigenvalue weighted by Crippen LogP contribution is -2.46. The van der Waals surface area contributed by atoms with E-state index in [2.05, 4.69) is 34.9 Å². The molecule has 2 amide bonds. The lowest BCUT2D eigenvalue weighted by molar-refractivity contribution is -0.142. The maximum Gasteiger partial charge on any atom is 0.226 e. The fourth-order valence-corrected chi connectivity index (χ4v) is 5.02. The largest absolute Gasteiger partial charge is 0.354 e. The Labute approximate surface area is 161 Å². The van der Waals surface area contributed by atoms with E-state index in [-0.39, 0.29) is 29.7 Å². The number of hydrogen-bond donors (Lipinski definition) is 2. The van der Waals surface area contributed by atoms with Gasteiger partial charge in [0.05, 0.1) is 0 Å². The van der Waals surface area contributed by atoms with Crippen LogP contribution in [0.4, 0.5) is 0 Å². The summed E-state index contributed by atoms with van der Waals surface area (Å²) < 4.78 is 0. The molecule has 0 spiro atoms. The van der Waals surface area contributed by atoms with E-state index in [1.807, 2.05) is 4.90 Å². The molecule has 1 aliphatic carbocycles. The first-order valence-corrected chi connectivity index (χ1v) is 10.6. The van der Waals surface area contributed by atoms with Crippen molar-refractivity contribution in [3.63, 3.8) is 0 Å². The summed E-state index contributed by atoms with van der Waals surface area (Å²) in [5, 5.41) is 6.69. The topological polar surface area (TPSA) is 61.4 Å². The molecular weight excluding hydrogens is 338 g/mol. The number of amides is 2. The third-order valence-corrected chi connectivity index (χ3v) is 6.53. The number of likely N-dealkylation sites (tertiary alicyclic amines) is 1. The third kappa shape index (κ3) is 4.03. The molecular formula is C22H31N3O2. The van der Waals surface area contributed by atoms with Crippen molar-refractivity contribution in [3.05, 3.63) is 35.4 Å². The number of carbonyl (C=O) groups excluding carboxylic acids is 2. The molecule has 0 aromatic heterocycles. The standard InChI is InChI=1S/C22H31N3O2/c26-21(24-15-20-17-8-2-1-7-16(17)11-12-23-20)18-9-3-4-10-19(18)22(27)25-13-5-6-14-25/h1-2,7-8,18-20,23H,3-6,9-15H2,(H,24,26). The molecule has 2 N–H and O–H groups in total. The van der Waals surface area contributed by atoms with Crippen molar-refractivity contribution in [1.29, 1.82) is 0 Å². The quantitative estimate of drug-likeness (QED) is 0.857. The first-order chi connectivity index (χ1) is 13.2. The van der Waals surface area contributed by atoms with E-state index >= 15 is 0 Å². The smallest absolute Gasteiger partial charge is 0.226 e. The van der Waals surface area contributed by atoms with Gasteiger partial charge in [0.15, 0.2) is 0 Å². The first kappa shape index (κ1) is 18.5. The highest BCUT2D eigenvalue weighted by atomic mass is 16.2. The number of hydrogen-bond acceptors (Lipinski definition) is 3. The molecule has 1 aromatic carbocycles. The molecule has 1 saturated heterocycles. The number of nitrogens with one attached hydrogen (secondary N) is 2. The molecule has 0 bridgehead atoms. The van der Waals surface area contributed by atoms with E-state index in [0.717, 1.165) is 64.6 Å². The fraction of sp³-hybridized carbons (Fsp3) is 0.636. The van der Waals surface area contributed by atoms with Gasteiger partial charge in [0.25, 0.3) is 0 Å². The summed E-state index contributed by atoms with van der Waals surface area (Å²) in [7, 11) is 0. The van der Waals surface area contributed by atoms with Crippen LogP contribution < -0.4 is 10.6 Å². The lowest BCUT2D eigenvalue weighted by Gasteiger charge is -2.33. The van der Waals surface area contributed by atoms with Crippen LogP contribution in [-0.4, -0.2) is 42.9 Å². The SMILES string of the molecule is O=C(NCC1NCCc2ccccc21)C1CCCCC1C(=O)N1CCCC1. The second-order valence-corrected chi connectivity index (χ2v) is 8.23. The summed E-state index contributed by atoms with van der Waals surface area (Å²) in [6.07, 6.45) is 7.04. The van der Waals surface area contributed by atoms with Gasteiger partial charge in [-0.05, 0) is 49.8 Å². The van der Waals surface area contributed by atoms with Crippen molar-refractivity contribution in [3.8, 4) is 0 Å². The highest BCUT2D eigenvalue weighted by molar-refractivity contribution is 5.88. The van der Waals surface area contributed by atoms with Crippen LogP contribution in [0.25, 0.3) is 0 Å². The highest BCUT2D eigenvalue weighted by Crippen LogP contribution is 2.33. The van der Waals surface area contributed by atoms with Crippen LogP contribution in [-0.2, 0) is 16.0 Å². The molecule has 4 rings (SSSR count). The Morgan fingerprint density at radius 1 is 1.04 bits per heavy atom. The van der Waals surface area contributed by atoms with Crippen LogP contribution in [0.1, 0.15) is 55.7 Å². The number of nitrogens with zero attached hydrogens (tertiary/aromatic N) is 1. The summed E-state index contributed by atoms with van der Waals surface area (Å²) in [4.78, 5) is 27.9. The average Bonchev–Trinajstić information content (AvgIpc) is 3.26. The van der Waals surface area contributed by atoms with Gasteiger partial charge in [-0.3, -0.25) is 9.59 Å². The van der Waals surface area contributed by atoms with Gasteiger partial charge in [0.2, 0.25) is 11.8 Å². The predicted octanol–water partition coefficient (Wildman–Crippen LogP) is 2.42. The molecule has 3 unspecified atom stereocenters. The third-order valence-electron chi connectivity index (χ3n) is 6.53. The average molecular weight is 370 g/mol. The zero-order valence-corrected chi connectivity index (χ0v) is 16.1. The zero-order valence-electron chi connectivity index (χ0n) is 16.1. The predicted molar refractivity (Wildman–Crippen MR) is 105 cm³/mol. The zero-order chi connectivity index (χ0) is 18.6. The van der Waals surface area contributed by atoms with Crippen molar-refractivity contribution in [1.82, 2.24) is 15.5 Å². The summed E-state index contributed by atoms with van der Waals surface area (Å²) >= 11 is 0. The van der Waals surface area contributed by atoms with E-state index < -0.39 is 0 Å². The van der Waals surface area contributed by atoms with Crippen LogP contribution in [0.5, 0.6) is 0 Å². The molecule has 5 nitrogen and oxygen atoms in total. The Bertz CT molecular complexity index is 684. The second-order valence-electron chi connectivity index (χ2n) is 8.23. The number of carbonyl (C=O) groups is 2. The van der Waals surface area contributed by atoms with Gasteiger partial charge in [0.1, 0.15) is 0 Å². The first-order valence-electron chi connectivity index (χ1n) is 10.6. The van der Waals surface area contributed by atoms with Gasteiger partial charge in [-0.2, -0.15) is 0 Å². The van der Waals surface area contributed by atoms with Crippen molar-refractivity contribution in [2.45, 2.75) is 51.0 Å². The Morgan fingerprint density at radius 2 is 1.78 bits per heavy atom. The van der Waals surface area contributed by atoms with Crippen LogP contribution in [0, 0.1) is 11.8 Å².